The van der Waals surface area contributed by atoms with Crippen LogP contribution in [0.1, 0.15) is 55.3 Å². The molecule has 3 fully saturated rings. The van der Waals surface area contributed by atoms with Gasteiger partial charge in [-0.1, -0.05) is 18.9 Å². The van der Waals surface area contributed by atoms with Gasteiger partial charge in [0.25, 0.3) is 11.6 Å². The molecule has 1 N–H and O–H groups in total. The molecule has 1 saturated carbocycles. The van der Waals surface area contributed by atoms with Crippen molar-refractivity contribution in [3.63, 3.8) is 0 Å². The SMILES string of the molecule is O=C(NCCCN1CCCC1=O)[C@@H](C1CCCC1)N1CCN(C(=O)c2cccc([N+](=O)[O-])c2)CC1. The topological polar surface area (TPSA) is 116 Å². The number of hydrogen-bond acceptors (Lipinski definition) is 6. The van der Waals surface area contributed by atoms with Gasteiger partial charge < -0.3 is 15.1 Å². The second-order valence-corrected chi connectivity index (χ2v) is 9.75. The first-order chi connectivity index (χ1) is 16.9. The Morgan fingerprint density at radius 3 is 2.49 bits per heavy atom. The summed E-state index contributed by atoms with van der Waals surface area (Å²) in [7, 11) is 0. The average Bonchev–Trinajstić information content (AvgIpc) is 3.54. The quantitative estimate of drug-likeness (QED) is 0.325. The molecule has 0 unspecified atom stereocenters. The minimum Gasteiger partial charge on any atom is -0.355 e. The van der Waals surface area contributed by atoms with Gasteiger partial charge in [0, 0.05) is 69.9 Å². The molecule has 3 aliphatic rings. The molecular formula is C25H35N5O5. The van der Waals surface area contributed by atoms with Crippen molar-refractivity contribution < 1.29 is 19.3 Å². The number of nitrogens with one attached hydrogen (secondary N) is 1. The number of non-ortho nitro benzene ring substituents is 1. The minimum atomic E-state index is -0.497. The number of carbonyl (C=O) groups is 3. The van der Waals surface area contributed by atoms with Gasteiger partial charge in [0.15, 0.2) is 0 Å². The fourth-order valence-electron chi connectivity index (χ4n) is 5.62. The molecule has 2 aliphatic heterocycles. The molecule has 2 heterocycles. The lowest BCUT2D eigenvalue weighted by Crippen LogP contribution is -2.58. The first-order valence-electron chi connectivity index (χ1n) is 12.8. The maximum atomic E-state index is 13.3. The van der Waals surface area contributed by atoms with Crippen LogP contribution in [0.2, 0.25) is 0 Å². The molecule has 35 heavy (non-hydrogen) atoms. The van der Waals surface area contributed by atoms with Crippen molar-refractivity contribution in [3.8, 4) is 0 Å². The number of benzene rings is 1. The van der Waals surface area contributed by atoms with Gasteiger partial charge in [-0.2, -0.15) is 0 Å². The third-order valence-corrected chi connectivity index (χ3v) is 7.49. The third kappa shape index (κ3) is 6.17. The van der Waals surface area contributed by atoms with Gasteiger partial charge in [0.05, 0.1) is 11.0 Å². The van der Waals surface area contributed by atoms with E-state index in [1.807, 2.05) is 4.90 Å². The van der Waals surface area contributed by atoms with E-state index in [-0.39, 0.29) is 29.5 Å². The zero-order chi connectivity index (χ0) is 24.8. The summed E-state index contributed by atoms with van der Waals surface area (Å²) in [4.78, 5) is 54.3. The van der Waals surface area contributed by atoms with Crippen LogP contribution in [-0.2, 0) is 9.59 Å². The summed E-state index contributed by atoms with van der Waals surface area (Å²) in [6.45, 7) is 4.21. The number of rotatable bonds is 9. The predicted molar refractivity (Wildman–Crippen MR) is 130 cm³/mol. The van der Waals surface area contributed by atoms with E-state index in [2.05, 4.69) is 10.2 Å². The monoisotopic (exact) mass is 485 g/mol. The maximum Gasteiger partial charge on any atom is 0.270 e. The van der Waals surface area contributed by atoms with Gasteiger partial charge in [-0.25, -0.2) is 0 Å². The Morgan fingerprint density at radius 2 is 1.83 bits per heavy atom. The fourth-order valence-corrected chi connectivity index (χ4v) is 5.62. The Kier molecular flexibility index (Phi) is 8.33. The summed E-state index contributed by atoms with van der Waals surface area (Å²) in [5.74, 6) is 0.349. The van der Waals surface area contributed by atoms with Gasteiger partial charge in [0.1, 0.15) is 0 Å². The Balaban J connectivity index is 1.31. The van der Waals surface area contributed by atoms with Gasteiger partial charge >= 0.3 is 0 Å². The van der Waals surface area contributed by atoms with Crippen molar-refractivity contribution >= 4 is 23.4 Å². The minimum absolute atomic E-state index is 0.0445. The van der Waals surface area contributed by atoms with Crippen molar-refractivity contribution in [2.45, 2.75) is 51.0 Å². The second-order valence-electron chi connectivity index (χ2n) is 9.75. The van der Waals surface area contributed by atoms with Crippen LogP contribution in [0.5, 0.6) is 0 Å². The lowest BCUT2D eigenvalue weighted by atomic mass is 9.95. The van der Waals surface area contributed by atoms with E-state index in [0.29, 0.717) is 57.2 Å². The molecule has 1 aromatic rings. The number of hydrogen-bond donors (Lipinski definition) is 1. The number of likely N-dealkylation sites (tertiary alicyclic amines) is 1. The van der Waals surface area contributed by atoms with Crippen LogP contribution in [-0.4, -0.2) is 89.2 Å². The summed E-state index contributed by atoms with van der Waals surface area (Å²) in [5.41, 5.74) is 0.218. The normalized spacial score (nSPS) is 20.3. The lowest BCUT2D eigenvalue weighted by Gasteiger charge is -2.40. The molecule has 3 amide bonds. The molecule has 4 rings (SSSR count). The van der Waals surface area contributed by atoms with Crippen LogP contribution >= 0.6 is 0 Å². The van der Waals surface area contributed by atoms with Gasteiger partial charge in [-0.3, -0.25) is 29.4 Å². The van der Waals surface area contributed by atoms with Crippen LogP contribution in [0.15, 0.2) is 24.3 Å². The van der Waals surface area contributed by atoms with E-state index in [1.165, 1.54) is 18.2 Å². The molecule has 2 saturated heterocycles. The van der Waals surface area contributed by atoms with Crippen LogP contribution in [0, 0.1) is 16.0 Å². The van der Waals surface area contributed by atoms with Gasteiger partial charge in [-0.05, 0) is 37.7 Å². The van der Waals surface area contributed by atoms with E-state index in [9.17, 15) is 24.5 Å². The van der Waals surface area contributed by atoms with Crippen molar-refractivity contribution in [3.05, 3.63) is 39.9 Å². The van der Waals surface area contributed by atoms with Crippen molar-refractivity contribution in [1.82, 2.24) is 20.0 Å². The number of nitro benzene ring substituents is 1. The van der Waals surface area contributed by atoms with Crippen LogP contribution < -0.4 is 5.32 Å². The third-order valence-electron chi connectivity index (χ3n) is 7.49. The number of nitrogens with zero attached hydrogens (tertiary/aromatic N) is 4. The zero-order valence-corrected chi connectivity index (χ0v) is 20.2. The first kappa shape index (κ1) is 25.1. The summed E-state index contributed by atoms with van der Waals surface area (Å²) < 4.78 is 0. The maximum absolute atomic E-state index is 13.3. The van der Waals surface area contributed by atoms with Crippen LogP contribution in [0.25, 0.3) is 0 Å². The van der Waals surface area contributed by atoms with E-state index >= 15 is 0 Å². The van der Waals surface area contributed by atoms with Gasteiger partial charge in [-0.15, -0.1) is 0 Å². The number of nitro groups is 1. The predicted octanol–water partition coefficient (Wildman–Crippen LogP) is 2.04. The Labute approximate surface area is 205 Å². The van der Waals surface area contributed by atoms with Crippen molar-refractivity contribution in [2.75, 3.05) is 45.8 Å². The highest BCUT2D eigenvalue weighted by atomic mass is 16.6. The molecule has 190 valence electrons. The molecule has 0 spiro atoms. The highest BCUT2D eigenvalue weighted by Gasteiger charge is 2.37. The highest BCUT2D eigenvalue weighted by molar-refractivity contribution is 5.95. The van der Waals surface area contributed by atoms with E-state index < -0.39 is 4.92 Å². The van der Waals surface area contributed by atoms with Crippen LogP contribution in [0.3, 0.4) is 0 Å². The second kappa shape index (κ2) is 11.6. The first-order valence-corrected chi connectivity index (χ1v) is 12.8. The number of piperazine rings is 1. The van der Waals surface area contributed by atoms with E-state index in [0.717, 1.165) is 45.1 Å². The van der Waals surface area contributed by atoms with Crippen molar-refractivity contribution in [2.24, 2.45) is 5.92 Å². The largest absolute Gasteiger partial charge is 0.355 e. The summed E-state index contributed by atoms with van der Waals surface area (Å²) in [6.07, 6.45) is 6.64. The summed E-state index contributed by atoms with van der Waals surface area (Å²) >= 11 is 0. The number of carbonyl (C=O) groups excluding carboxylic acids is 3. The molecule has 0 bridgehead atoms. The number of amides is 3. The molecule has 10 nitrogen and oxygen atoms in total. The Bertz CT molecular complexity index is 940. The fraction of sp³-hybridized carbons (Fsp3) is 0.640. The summed E-state index contributed by atoms with van der Waals surface area (Å²) in [6, 6.07) is 5.62. The molecule has 0 radical (unpaired) electrons. The Hall–Kier alpha value is -3.01. The molecule has 1 aliphatic carbocycles. The summed E-state index contributed by atoms with van der Waals surface area (Å²) in [5, 5.41) is 14.2. The molecular weight excluding hydrogens is 450 g/mol. The molecule has 0 aromatic heterocycles. The van der Waals surface area contributed by atoms with E-state index in [4.69, 9.17) is 0 Å². The lowest BCUT2D eigenvalue weighted by molar-refractivity contribution is -0.384. The molecule has 10 heteroatoms. The average molecular weight is 486 g/mol. The van der Waals surface area contributed by atoms with Gasteiger partial charge in [0.2, 0.25) is 11.8 Å². The van der Waals surface area contributed by atoms with Crippen LogP contribution in [0.4, 0.5) is 5.69 Å². The van der Waals surface area contributed by atoms with Crippen molar-refractivity contribution in [1.29, 1.82) is 0 Å². The standard InChI is InChI=1S/C25H35N5O5/c31-22-10-4-12-27(22)13-5-11-26-24(32)23(19-6-1-2-7-19)28-14-16-29(17-15-28)25(33)20-8-3-9-21(18-20)30(34)35/h3,8-9,18-19,23H,1-2,4-7,10-17H2,(H,26,32)/t23-/m1/s1. The molecule has 1 aromatic carbocycles. The highest BCUT2D eigenvalue weighted by Crippen LogP contribution is 2.31. The molecule has 1 atom stereocenters. The Morgan fingerprint density at radius 1 is 1.09 bits per heavy atom. The zero-order valence-electron chi connectivity index (χ0n) is 20.2. The van der Waals surface area contributed by atoms with E-state index in [1.54, 1.807) is 11.0 Å². The smallest absolute Gasteiger partial charge is 0.270 e.